The van der Waals surface area contributed by atoms with Crippen LogP contribution in [-0.2, 0) is 6.54 Å². The minimum absolute atomic E-state index is 0.0905. The van der Waals surface area contributed by atoms with Gasteiger partial charge in [0.05, 0.1) is 10.0 Å². The maximum atomic E-state index is 13.4. The van der Waals surface area contributed by atoms with Crippen molar-refractivity contribution < 1.29 is 4.39 Å². The molecule has 0 N–H and O–H groups in total. The van der Waals surface area contributed by atoms with Crippen LogP contribution >= 0.6 is 23.2 Å². The van der Waals surface area contributed by atoms with Crippen LogP contribution in [0.15, 0.2) is 30.3 Å². The number of benzene rings is 1. The second kappa shape index (κ2) is 6.08. The molecule has 1 aromatic heterocycles. The Bertz CT molecular complexity index is 683. The van der Waals surface area contributed by atoms with Crippen LogP contribution in [-0.4, -0.2) is 12.0 Å². The first-order chi connectivity index (χ1) is 9.51. The molecule has 0 amide bonds. The van der Waals surface area contributed by atoms with Gasteiger partial charge in [-0.2, -0.15) is 5.26 Å². The van der Waals surface area contributed by atoms with Crippen LogP contribution < -0.4 is 4.90 Å². The number of nitrogens with zero attached hydrogens (tertiary/aromatic N) is 3. The van der Waals surface area contributed by atoms with Crippen molar-refractivity contribution in [1.29, 1.82) is 5.26 Å². The van der Waals surface area contributed by atoms with Crippen molar-refractivity contribution in [3.63, 3.8) is 0 Å². The standard InChI is InChI=1S/C14H10Cl2FN3/c1-20(8-9-2-3-10(15)12(17)6-9)14-5-4-11(16)13(7-18)19-14/h2-6H,8H2,1H3. The number of rotatable bonds is 3. The zero-order chi connectivity index (χ0) is 14.7. The zero-order valence-corrected chi connectivity index (χ0v) is 12.1. The van der Waals surface area contributed by atoms with Gasteiger partial charge in [0.25, 0.3) is 0 Å². The predicted molar refractivity (Wildman–Crippen MR) is 77.5 cm³/mol. The Morgan fingerprint density at radius 1 is 1.25 bits per heavy atom. The van der Waals surface area contributed by atoms with Crippen LogP contribution in [0, 0.1) is 17.1 Å². The number of hydrogen-bond donors (Lipinski definition) is 0. The van der Waals surface area contributed by atoms with Gasteiger partial charge in [0.2, 0.25) is 0 Å². The lowest BCUT2D eigenvalue weighted by Crippen LogP contribution is -2.18. The minimum Gasteiger partial charge on any atom is -0.355 e. The number of pyridine rings is 1. The van der Waals surface area contributed by atoms with Gasteiger partial charge in [0.1, 0.15) is 17.7 Å². The van der Waals surface area contributed by atoms with Crippen molar-refractivity contribution in [1.82, 2.24) is 4.98 Å². The third-order valence-corrected chi connectivity index (χ3v) is 3.34. The first-order valence-corrected chi connectivity index (χ1v) is 6.48. The molecule has 102 valence electrons. The van der Waals surface area contributed by atoms with Crippen molar-refractivity contribution in [2.45, 2.75) is 6.54 Å². The zero-order valence-electron chi connectivity index (χ0n) is 10.6. The van der Waals surface area contributed by atoms with Gasteiger partial charge in [0.15, 0.2) is 5.69 Å². The SMILES string of the molecule is CN(Cc1ccc(Cl)c(F)c1)c1ccc(Cl)c(C#N)n1. The Labute approximate surface area is 126 Å². The molecule has 0 fully saturated rings. The molecule has 0 bridgehead atoms. The van der Waals surface area contributed by atoms with Gasteiger partial charge in [-0.25, -0.2) is 9.37 Å². The van der Waals surface area contributed by atoms with Crippen LogP contribution in [0.1, 0.15) is 11.3 Å². The van der Waals surface area contributed by atoms with E-state index in [2.05, 4.69) is 4.98 Å². The lowest BCUT2D eigenvalue weighted by atomic mass is 10.2. The fraction of sp³-hybridized carbons (Fsp3) is 0.143. The Kier molecular flexibility index (Phi) is 4.43. The van der Waals surface area contributed by atoms with Gasteiger partial charge in [-0.15, -0.1) is 0 Å². The number of halogens is 3. The predicted octanol–water partition coefficient (Wildman–Crippen LogP) is 4.04. The molecule has 20 heavy (non-hydrogen) atoms. The molecule has 6 heteroatoms. The summed E-state index contributed by atoms with van der Waals surface area (Å²) in [6.07, 6.45) is 0. The average Bonchev–Trinajstić information content (AvgIpc) is 2.43. The number of hydrogen-bond acceptors (Lipinski definition) is 3. The van der Waals surface area contributed by atoms with E-state index in [4.69, 9.17) is 28.5 Å². The largest absolute Gasteiger partial charge is 0.355 e. The summed E-state index contributed by atoms with van der Waals surface area (Å²) in [5.41, 5.74) is 0.919. The molecule has 0 aliphatic rings. The third-order valence-electron chi connectivity index (χ3n) is 2.73. The fourth-order valence-electron chi connectivity index (χ4n) is 1.72. The maximum Gasteiger partial charge on any atom is 0.161 e. The van der Waals surface area contributed by atoms with Gasteiger partial charge in [-0.3, -0.25) is 0 Å². The van der Waals surface area contributed by atoms with Crippen molar-refractivity contribution in [3.05, 3.63) is 57.5 Å². The summed E-state index contributed by atoms with van der Waals surface area (Å²) >= 11 is 11.5. The highest BCUT2D eigenvalue weighted by atomic mass is 35.5. The van der Waals surface area contributed by atoms with Crippen LogP contribution in [0.25, 0.3) is 0 Å². The Morgan fingerprint density at radius 3 is 2.60 bits per heavy atom. The highest BCUT2D eigenvalue weighted by Crippen LogP contribution is 2.21. The van der Waals surface area contributed by atoms with E-state index in [0.717, 1.165) is 5.56 Å². The van der Waals surface area contributed by atoms with Crippen LogP contribution in [0.3, 0.4) is 0 Å². The number of nitriles is 1. The van der Waals surface area contributed by atoms with Gasteiger partial charge < -0.3 is 4.90 Å². The average molecular weight is 310 g/mol. The Hall–Kier alpha value is -1.83. The molecule has 2 rings (SSSR count). The molecule has 1 heterocycles. The summed E-state index contributed by atoms with van der Waals surface area (Å²) < 4.78 is 13.4. The number of aromatic nitrogens is 1. The first kappa shape index (κ1) is 14.6. The van der Waals surface area contributed by atoms with E-state index in [1.54, 1.807) is 30.1 Å². The maximum absolute atomic E-state index is 13.4. The third kappa shape index (κ3) is 3.19. The highest BCUT2D eigenvalue weighted by Gasteiger charge is 2.09. The molecular weight excluding hydrogens is 300 g/mol. The van der Waals surface area contributed by atoms with Crippen molar-refractivity contribution in [2.75, 3.05) is 11.9 Å². The quantitative estimate of drug-likeness (QED) is 0.859. The van der Waals surface area contributed by atoms with Crippen molar-refractivity contribution in [3.8, 4) is 6.07 Å². The molecule has 0 aliphatic carbocycles. The van der Waals surface area contributed by atoms with Crippen LogP contribution in [0.5, 0.6) is 0 Å². The smallest absolute Gasteiger partial charge is 0.161 e. The molecule has 0 radical (unpaired) electrons. The molecule has 0 atom stereocenters. The Morgan fingerprint density at radius 2 is 1.95 bits per heavy atom. The van der Waals surface area contributed by atoms with E-state index in [-0.39, 0.29) is 10.7 Å². The molecule has 0 unspecified atom stereocenters. The molecule has 2 aromatic rings. The molecule has 0 saturated heterocycles. The second-order valence-electron chi connectivity index (χ2n) is 4.22. The summed E-state index contributed by atoms with van der Waals surface area (Å²) in [6.45, 7) is 0.438. The summed E-state index contributed by atoms with van der Waals surface area (Å²) in [7, 11) is 1.80. The van der Waals surface area contributed by atoms with Gasteiger partial charge >= 0.3 is 0 Å². The van der Waals surface area contributed by atoms with Gasteiger partial charge in [-0.05, 0) is 29.8 Å². The molecule has 0 saturated carbocycles. The topological polar surface area (TPSA) is 39.9 Å². The molecule has 3 nitrogen and oxygen atoms in total. The summed E-state index contributed by atoms with van der Waals surface area (Å²) in [6, 6.07) is 9.86. The molecular formula is C14H10Cl2FN3. The normalized spacial score (nSPS) is 10.2. The number of anilines is 1. The highest BCUT2D eigenvalue weighted by molar-refractivity contribution is 6.31. The first-order valence-electron chi connectivity index (χ1n) is 5.73. The molecule has 1 aromatic carbocycles. The van der Waals surface area contributed by atoms with Crippen LogP contribution in [0.2, 0.25) is 10.0 Å². The van der Waals surface area contributed by atoms with Gasteiger partial charge in [-0.1, -0.05) is 29.3 Å². The van der Waals surface area contributed by atoms with Gasteiger partial charge in [0, 0.05) is 13.6 Å². The van der Waals surface area contributed by atoms with E-state index in [9.17, 15) is 4.39 Å². The van der Waals surface area contributed by atoms with Crippen molar-refractivity contribution in [2.24, 2.45) is 0 Å². The molecule has 0 aliphatic heterocycles. The summed E-state index contributed by atoms with van der Waals surface area (Å²) in [5.74, 6) is 0.126. The van der Waals surface area contributed by atoms with Crippen LogP contribution in [0.4, 0.5) is 10.2 Å². The lowest BCUT2D eigenvalue weighted by molar-refractivity contribution is 0.625. The summed E-state index contributed by atoms with van der Waals surface area (Å²) in [4.78, 5) is 5.93. The van der Waals surface area contributed by atoms with E-state index < -0.39 is 5.82 Å². The van der Waals surface area contributed by atoms with E-state index in [0.29, 0.717) is 17.4 Å². The Balaban J connectivity index is 2.21. The van der Waals surface area contributed by atoms with Crippen molar-refractivity contribution >= 4 is 29.0 Å². The molecule has 0 spiro atoms. The minimum atomic E-state index is -0.459. The van der Waals surface area contributed by atoms with E-state index in [1.165, 1.54) is 12.1 Å². The van der Waals surface area contributed by atoms with E-state index >= 15 is 0 Å². The summed E-state index contributed by atoms with van der Waals surface area (Å²) in [5, 5.41) is 9.30. The second-order valence-corrected chi connectivity index (χ2v) is 5.03. The fourth-order valence-corrected chi connectivity index (χ4v) is 1.98. The van der Waals surface area contributed by atoms with E-state index in [1.807, 2.05) is 6.07 Å². The monoisotopic (exact) mass is 309 g/mol. The lowest BCUT2D eigenvalue weighted by Gasteiger charge is -2.18.